The number of esters is 1. The monoisotopic (exact) mass is 289 g/mol. The summed E-state index contributed by atoms with van der Waals surface area (Å²) in [6, 6.07) is 6.54. The van der Waals surface area contributed by atoms with Crippen LogP contribution in [-0.4, -0.2) is 24.3 Å². The predicted octanol–water partition coefficient (Wildman–Crippen LogP) is 2.42. The smallest absolute Gasteiger partial charge is 0.309 e. The van der Waals surface area contributed by atoms with E-state index in [0.717, 1.165) is 6.42 Å². The molecule has 1 fully saturated rings. The van der Waals surface area contributed by atoms with Crippen LogP contribution in [-0.2, 0) is 14.3 Å². The van der Waals surface area contributed by atoms with Gasteiger partial charge < -0.3 is 10.1 Å². The molecular formula is C16H19NO4. The zero-order valence-electron chi connectivity index (χ0n) is 12.2. The Kier molecular flexibility index (Phi) is 4.73. The highest BCUT2D eigenvalue weighted by Gasteiger charge is 2.40. The van der Waals surface area contributed by atoms with Gasteiger partial charge in [0.05, 0.1) is 5.92 Å². The number of amides is 1. The number of carbonyl (C=O) groups excluding carboxylic acids is 3. The number of hydrogen-bond acceptors (Lipinski definition) is 4. The third-order valence-corrected chi connectivity index (χ3v) is 3.57. The molecule has 0 aliphatic heterocycles. The first-order valence-corrected chi connectivity index (χ1v) is 7.11. The molecule has 1 N–H and O–H groups in total. The number of ether oxygens (including phenoxy) is 1. The molecule has 1 aromatic carbocycles. The lowest BCUT2D eigenvalue weighted by Crippen LogP contribution is -2.16. The van der Waals surface area contributed by atoms with Crippen molar-refractivity contribution in [2.24, 2.45) is 11.8 Å². The lowest BCUT2D eigenvalue weighted by Gasteiger charge is -2.06. The molecule has 0 bridgehead atoms. The first-order chi connectivity index (χ1) is 10.0. The molecule has 1 aromatic rings. The Balaban J connectivity index is 1.84. The normalized spacial score (nSPS) is 19.7. The van der Waals surface area contributed by atoms with Gasteiger partial charge >= 0.3 is 5.97 Å². The fourth-order valence-corrected chi connectivity index (χ4v) is 1.97. The summed E-state index contributed by atoms with van der Waals surface area (Å²) in [7, 11) is 0. The van der Waals surface area contributed by atoms with Gasteiger partial charge in [-0.05, 0) is 36.6 Å². The molecule has 0 saturated heterocycles. The average Bonchev–Trinajstić information content (AvgIpc) is 3.22. The van der Waals surface area contributed by atoms with Gasteiger partial charge in [-0.3, -0.25) is 14.4 Å². The molecule has 5 nitrogen and oxygen atoms in total. The summed E-state index contributed by atoms with van der Waals surface area (Å²) >= 11 is 0. The van der Waals surface area contributed by atoms with Gasteiger partial charge in [0.25, 0.3) is 0 Å². The molecule has 112 valence electrons. The van der Waals surface area contributed by atoms with E-state index in [0.29, 0.717) is 23.6 Å². The minimum Gasteiger partial charge on any atom is -0.457 e. The van der Waals surface area contributed by atoms with Crippen LogP contribution in [0.3, 0.4) is 0 Å². The van der Waals surface area contributed by atoms with Gasteiger partial charge in [-0.1, -0.05) is 13.8 Å². The van der Waals surface area contributed by atoms with Crippen LogP contribution < -0.4 is 5.32 Å². The van der Waals surface area contributed by atoms with E-state index in [1.807, 2.05) is 6.92 Å². The van der Waals surface area contributed by atoms with E-state index in [4.69, 9.17) is 4.74 Å². The zero-order valence-corrected chi connectivity index (χ0v) is 12.2. The minimum absolute atomic E-state index is 0.0376. The van der Waals surface area contributed by atoms with Crippen molar-refractivity contribution in [3.05, 3.63) is 29.8 Å². The maximum absolute atomic E-state index is 11.9. The summed E-state index contributed by atoms with van der Waals surface area (Å²) in [5.41, 5.74) is 1.10. The molecule has 0 aromatic heterocycles. The minimum atomic E-state index is -0.289. The molecule has 0 radical (unpaired) electrons. The molecule has 1 saturated carbocycles. The number of nitrogens with one attached hydrogen (secondary N) is 1. The molecule has 0 heterocycles. The number of benzene rings is 1. The van der Waals surface area contributed by atoms with Crippen LogP contribution in [0.2, 0.25) is 0 Å². The molecule has 2 rings (SSSR count). The van der Waals surface area contributed by atoms with Crippen LogP contribution in [0.15, 0.2) is 24.3 Å². The van der Waals surface area contributed by atoms with Gasteiger partial charge in [-0.25, -0.2) is 0 Å². The van der Waals surface area contributed by atoms with E-state index in [2.05, 4.69) is 5.32 Å². The number of Topliss-reactive ketones (excluding diaryl/α,β-unsaturated/α-hetero) is 1. The van der Waals surface area contributed by atoms with E-state index in [1.54, 1.807) is 31.2 Å². The van der Waals surface area contributed by atoms with Gasteiger partial charge in [0, 0.05) is 17.7 Å². The van der Waals surface area contributed by atoms with E-state index in [9.17, 15) is 14.4 Å². The highest BCUT2D eigenvalue weighted by molar-refractivity contribution is 5.99. The third-order valence-electron chi connectivity index (χ3n) is 3.57. The predicted molar refractivity (Wildman–Crippen MR) is 77.9 cm³/mol. The molecular weight excluding hydrogens is 270 g/mol. The molecule has 5 heteroatoms. The van der Waals surface area contributed by atoms with Crippen molar-refractivity contribution in [3.8, 4) is 0 Å². The van der Waals surface area contributed by atoms with Crippen molar-refractivity contribution in [1.82, 2.24) is 0 Å². The highest BCUT2D eigenvalue weighted by Crippen LogP contribution is 2.38. The second kappa shape index (κ2) is 6.52. The Morgan fingerprint density at radius 1 is 1.24 bits per heavy atom. The molecule has 1 aliphatic rings. The Morgan fingerprint density at radius 3 is 2.38 bits per heavy atom. The van der Waals surface area contributed by atoms with Gasteiger partial charge in [0.15, 0.2) is 12.4 Å². The third kappa shape index (κ3) is 4.15. The van der Waals surface area contributed by atoms with Crippen LogP contribution in [0.5, 0.6) is 0 Å². The number of anilines is 1. The first kappa shape index (κ1) is 15.2. The summed E-state index contributed by atoms with van der Waals surface area (Å²) in [6.07, 6.45) is 1.25. The Morgan fingerprint density at radius 2 is 1.86 bits per heavy atom. The number of carbonyl (C=O) groups is 3. The molecule has 0 spiro atoms. The van der Waals surface area contributed by atoms with E-state index in [1.165, 1.54) is 0 Å². The molecule has 1 amide bonds. The molecule has 1 aliphatic carbocycles. The topological polar surface area (TPSA) is 72.5 Å². The summed E-state index contributed by atoms with van der Waals surface area (Å²) in [5, 5.41) is 2.70. The largest absolute Gasteiger partial charge is 0.457 e. The summed E-state index contributed by atoms with van der Waals surface area (Å²) < 4.78 is 5.01. The average molecular weight is 289 g/mol. The van der Waals surface area contributed by atoms with Crippen molar-refractivity contribution in [1.29, 1.82) is 0 Å². The highest BCUT2D eigenvalue weighted by atomic mass is 16.5. The van der Waals surface area contributed by atoms with E-state index < -0.39 is 0 Å². The number of ketones is 1. The van der Waals surface area contributed by atoms with E-state index >= 15 is 0 Å². The van der Waals surface area contributed by atoms with Crippen molar-refractivity contribution in [3.63, 3.8) is 0 Å². The van der Waals surface area contributed by atoms with Crippen molar-refractivity contribution >= 4 is 23.3 Å². The van der Waals surface area contributed by atoms with Crippen LogP contribution in [0, 0.1) is 11.8 Å². The number of hydrogen-bond donors (Lipinski definition) is 1. The number of rotatable bonds is 6. The van der Waals surface area contributed by atoms with Crippen LogP contribution in [0.25, 0.3) is 0 Å². The zero-order chi connectivity index (χ0) is 15.4. The van der Waals surface area contributed by atoms with Gasteiger partial charge in [0.1, 0.15) is 0 Å². The SMILES string of the molecule is CCC(=O)Nc1ccc(C(=O)COC(=O)[C@@H]2C[C@@H]2C)cc1. The lowest BCUT2D eigenvalue weighted by atomic mass is 10.1. The fraction of sp³-hybridized carbons (Fsp3) is 0.438. The lowest BCUT2D eigenvalue weighted by molar-refractivity contribution is -0.144. The summed E-state index contributed by atoms with van der Waals surface area (Å²) in [5.74, 6) is -0.284. The van der Waals surface area contributed by atoms with Gasteiger partial charge in [-0.15, -0.1) is 0 Å². The van der Waals surface area contributed by atoms with Crippen molar-refractivity contribution in [2.45, 2.75) is 26.7 Å². The van der Waals surface area contributed by atoms with Crippen LogP contribution >= 0.6 is 0 Å². The summed E-state index contributed by atoms with van der Waals surface area (Å²) in [6.45, 7) is 3.52. The van der Waals surface area contributed by atoms with Crippen LogP contribution in [0.1, 0.15) is 37.0 Å². The molecule has 0 unspecified atom stereocenters. The molecule has 2 atom stereocenters. The van der Waals surface area contributed by atoms with Gasteiger partial charge in [0.2, 0.25) is 5.91 Å². The second-order valence-corrected chi connectivity index (χ2v) is 5.33. The molecule has 21 heavy (non-hydrogen) atoms. The maximum Gasteiger partial charge on any atom is 0.309 e. The van der Waals surface area contributed by atoms with Crippen molar-refractivity contribution in [2.75, 3.05) is 11.9 Å². The fourth-order valence-electron chi connectivity index (χ4n) is 1.97. The van der Waals surface area contributed by atoms with Crippen molar-refractivity contribution < 1.29 is 19.1 Å². The quantitative estimate of drug-likeness (QED) is 0.645. The van der Waals surface area contributed by atoms with Crippen LogP contribution in [0.4, 0.5) is 5.69 Å². The Hall–Kier alpha value is -2.17. The van der Waals surface area contributed by atoms with E-state index in [-0.39, 0.29) is 30.2 Å². The standard InChI is InChI=1S/C16H19NO4/c1-3-15(19)17-12-6-4-11(5-7-12)14(18)9-21-16(20)13-8-10(13)2/h4-7,10,13H,3,8-9H2,1-2H3,(H,17,19)/t10-,13+/m0/s1. The first-order valence-electron chi connectivity index (χ1n) is 7.11. The van der Waals surface area contributed by atoms with Gasteiger partial charge in [-0.2, -0.15) is 0 Å². The maximum atomic E-state index is 11.9. The Bertz CT molecular complexity index is 550. The second-order valence-electron chi connectivity index (χ2n) is 5.33. The Labute approximate surface area is 123 Å². The summed E-state index contributed by atoms with van der Waals surface area (Å²) in [4.78, 5) is 34.7.